The van der Waals surface area contributed by atoms with Gasteiger partial charge in [-0.2, -0.15) is 5.26 Å². The second kappa shape index (κ2) is 34.7. The van der Waals surface area contributed by atoms with Gasteiger partial charge in [-0.05, 0) is 206 Å². The predicted octanol–water partition coefficient (Wildman–Crippen LogP) is 20.3. The number of hydrogen-bond acceptors (Lipinski definition) is 19. The van der Waals surface area contributed by atoms with Crippen LogP contribution >= 0.6 is 61.9 Å². The molecule has 2 aliphatic carbocycles. The van der Waals surface area contributed by atoms with E-state index in [1.54, 1.807) is 24.9 Å². The maximum absolute atomic E-state index is 13.9. The number of nitriles is 1. The fourth-order valence-electron chi connectivity index (χ4n) is 16.9. The summed E-state index contributed by atoms with van der Waals surface area (Å²) >= 11 is 20.3. The lowest BCUT2D eigenvalue weighted by molar-refractivity contribution is -0.172. The zero-order valence-electron chi connectivity index (χ0n) is 67.1. The van der Waals surface area contributed by atoms with Gasteiger partial charge in [-0.3, -0.25) is 9.80 Å². The van der Waals surface area contributed by atoms with Crippen LogP contribution in [0.4, 0.5) is 21.2 Å². The number of aliphatic hydroxyl groups excluding tert-OH is 1. The quantitative estimate of drug-likeness (QED) is 0.0583. The summed E-state index contributed by atoms with van der Waals surface area (Å²) < 4.78 is 61.1. The highest BCUT2D eigenvalue weighted by Crippen LogP contribution is 2.62. The van der Waals surface area contributed by atoms with Crippen molar-refractivity contribution in [2.75, 3.05) is 50.6 Å². The van der Waals surface area contributed by atoms with Crippen molar-refractivity contribution in [3.63, 3.8) is 0 Å². The number of methoxy groups -OCH3 is 2. The lowest BCUT2D eigenvalue weighted by Gasteiger charge is -2.36. The molecule has 9 heterocycles. The van der Waals surface area contributed by atoms with Crippen molar-refractivity contribution in [2.45, 2.75) is 153 Å². The number of pyridine rings is 2. The van der Waals surface area contributed by atoms with E-state index in [9.17, 15) is 14.7 Å². The number of rotatable bonds is 19. The van der Waals surface area contributed by atoms with E-state index in [0.717, 1.165) is 91.2 Å². The van der Waals surface area contributed by atoms with Crippen molar-refractivity contribution in [3.8, 4) is 17.6 Å². The van der Waals surface area contributed by atoms with Gasteiger partial charge in [-0.15, -0.1) is 6.89 Å². The number of fused-ring (bicyclic) bond motifs is 7. The summed E-state index contributed by atoms with van der Waals surface area (Å²) in [7, 11) is 3.24. The monoisotopic (exact) mass is 1780 g/mol. The van der Waals surface area contributed by atoms with E-state index in [1.807, 2.05) is 198 Å². The van der Waals surface area contributed by atoms with Crippen LogP contribution in [-0.2, 0) is 59.5 Å². The van der Waals surface area contributed by atoms with Crippen molar-refractivity contribution in [1.29, 1.82) is 5.26 Å². The molecular formula is C90H92Br2Cl2N11O12P. The Morgan fingerprint density at radius 2 is 1.10 bits per heavy atom. The van der Waals surface area contributed by atoms with Crippen LogP contribution in [0.2, 0.25) is 10.3 Å². The Labute approximate surface area is 712 Å². The van der Waals surface area contributed by atoms with Gasteiger partial charge in [0, 0.05) is 39.8 Å². The topological polar surface area (TPSA) is 255 Å². The summed E-state index contributed by atoms with van der Waals surface area (Å²) in [6.07, 6.45) is 7.38. The maximum atomic E-state index is 13.9. The molecule has 10 atom stereocenters. The smallest absolute Gasteiger partial charge is 0.416 e. The number of aromatic nitrogens is 8. The molecule has 6 aromatic heterocycles. The fraction of sp³-hybridized carbons (Fsp3) is 0.356. The Bertz CT molecular complexity index is 5770. The molecule has 2 amide bonds. The summed E-state index contributed by atoms with van der Waals surface area (Å²) in [6.45, 7) is 16.6. The highest BCUT2D eigenvalue weighted by Gasteiger charge is 2.65. The van der Waals surface area contributed by atoms with Gasteiger partial charge in [0.05, 0.1) is 107 Å². The highest BCUT2D eigenvalue weighted by atomic mass is 79.9. The van der Waals surface area contributed by atoms with E-state index in [-0.39, 0.29) is 74.3 Å². The number of nitrogens with zero attached hydrogens (tertiary/aromatic N) is 11. The molecule has 2 saturated carbocycles. The van der Waals surface area contributed by atoms with Crippen LogP contribution in [-0.4, -0.2) is 139 Å². The summed E-state index contributed by atoms with van der Waals surface area (Å²) in [5.74, 6) is 2.47. The van der Waals surface area contributed by atoms with Crippen LogP contribution in [0.25, 0.3) is 43.9 Å². The Hall–Kier alpha value is -9.39. The minimum Gasteiger partial charge on any atom is -0.497 e. The van der Waals surface area contributed by atoms with Gasteiger partial charge < -0.3 is 56.9 Å². The van der Waals surface area contributed by atoms with Gasteiger partial charge in [0.1, 0.15) is 71.2 Å². The molecule has 17 rings (SSSR count). The summed E-state index contributed by atoms with van der Waals surface area (Å²) in [5.41, 5.74) is 7.37. The number of ether oxygens (including phenoxy) is 9. The third-order valence-corrected chi connectivity index (χ3v) is 25.3. The third-order valence-electron chi connectivity index (χ3n) is 22.7. The number of halogens is 4. The van der Waals surface area contributed by atoms with E-state index >= 15 is 0 Å². The number of amides is 2. The number of carbonyl (C=O) groups is 2. The van der Waals surface area contributed by atoms with Crippen LogP contribution in [0.3, 0.4) is 0 Å². The molecule has 28 heteroatoms. The first-order chi connectivity index (χ1) is 56.6. The minimum atomic E-state index is -0.902. The Morgan fingerprint density at radius 1 is 0.619 bits per heavy atom. The second-order valence-electron chi connectivity index (χ2n) is 32.5. The van der Waals surface area contributed by atoms with E-state index in [1.165, 1.54) is 17.6 Å². The first kappa shape index (κ1) is 83.7. The number of carbonyl (C=O) groups excluding carboxylic acids is 2. The van der Waals surface area contributed by atoms with E-state index in [4.69, 9.17) is 81.1 Å². The SMILES string of the molecule is CC[C@]1(CC(O)c2ccc3cc(Br)c(N(Cc4ccc(OC)cc4)C(=O)OCc4ccccc4)nc3c2)C[C@@H](n2ccc3c(Cl)ncnc32)[C@@H]2OC(C)(C)O[C@@H]21.COc1ccc(CN(C(=O)OCc2ccccc2)c2nc3cc(C4C[C@@]5(CO4)C[C@@H](n4ccc6c(Cl)ncnc64)[C@@H]4OC(C)(C)O[C@@H]45)ccc3cc2Br)cc1.CP(C)(C)=CC#N. The largest absolute Gasteiger partial charge is 0.497 e. The predicted molar refractivity (Wildman–Crippen MR) is 465 cm³/mol. The number of benzene rings is 6. The molecule has 5 fully saturated rings. The molecule has 6 aromatic carbocycles. The molecule has 1 spiro atoms. The average molecular weight is 1780 g/mol. The molecule has 0 bridgehead atoms. The Kier molecular flexibility index (Phi) is 24.6. The Balaban J connectivity index is 0.000000171. The first-order valence-electron chi connectivity index (χ1n) is 39.1. The molecule has 5 aliphatic rings. The molecule has 1 N–H and O–H groups in total. The van der Waals surface area contributed by atoms with Gasteiger partial charge in [0.15, 0.2) is 23.2 Å². The van der Waals surface area contributed by atoms with Crippen molar-refractivity contribution >= 4 is 135 Å². The van der Waals surface area contributed by atoms with Crippen molar-refractivity contribution in [2.24, 2.45) is 10.8 Å². The normalized spacial score (nSPS) is 22.2. The van der Waals surface area contributed by atoms with Gasteiger partial charge >= 0.3 is 12.2 Å². The van der Waals surface area contributed by atoms with Gasteiger partial charge in [0.2, 0.25) is 0 Å². The van der Waals surface area contributed by atoms with E-state index < -0.39 is 42.2 Å². The van der Waals surface area contributed by atoms with Crippen LogP contribution in [0.15, 0.2) is 204 Å². The number of anilines is 2. The fourth-order valence-corrected chi connectivity index (χ4v) is 18.8. The summed E-state index contributed by atoms with van der Waals surface area (Å²) in [6, 6.07) is 56.0. The standard InChI is InChI=1S/C43H43BrClN5O6.C42H39BrClN5O6.C5H10NP/c1-5-43(21-34(36-37(43)56-42(2,3)55-36)49-18-17-31-38(45)46-25-47-39(31)49)22-35(51)29-14-13-28-19-32(44)40(48-33(28)20-29)50(23-26-11-15-30(53-4)16-12-26)41(52)54-24-27-9-7-6-8-10-27;1-41(2)54-35-33(48-16-15-30-37(44)45-24-46-38(30)48)19-42(36(35)55-41)20-34(53-23-42)28-12-11-27-17-31(43)39(47-32(27)18-28)49(21-25-9-13-29(51-3)14-10-25)40(50)52-22-26-7-5-4-6-8-26;1-7(2,3)5-4-6/h6-20,25,34-37,51H,5,21-24H2,1-4H3;4-18,24,33-36H,19-23H2,1-3H3;5H,1-3H3/t34-,35?,36+,37+,43-;33-,34?,35+,36+,42-;/m11./s1. The highest BCUT2D eigenvalue weighted by molar-refractivity contribution is 9.11. The van der Waals surface area contributed by atoms with Gasteiger partial charge in [-0.25, -0.2) is 39.5 Å². The molecule has 612 valence electrons. The van der Waals surface area contributed by atoms with Gasteiger partial charge in [-0.1, -0.05) is 139 Å². The lowest BCUT2D eigenvalue weighted by Crippen LogP contribution is -2.36. The van der Waals surface area contributed by atoms with Crippen molar-refractivity contribution < 1.29 is 57.3 Å². The summed E-state index contributed by atoms with van der Waals surface area (Å²) in [5, 5.41) is 24.4. The van der Waals surface area contributed by atoms with Crippen LogP contribution in [0.5, 0.6) is 11.5 Å². The maximum Gasteiger partial charge on any atom is 0.416 e. The number of aliphatic hydroxyl groups is 1. The number of hydrogen-bond donors (Lipinski definition) is 1. The molecule has 3 aliphatic heterocycles. The van der Waals surface area contributed by atoms with Gasteiger partial charge in [0.25, 0.3) is 0 Å². The molecule has 2 unspecified atom stereocenters. The Morgan fingerprint density at radius 3 is 1.58 bits per heavy atom. The zero-order valence-corrected chi connectivity index (χ0v) is 72.6. The summed E-state index contributed by atoms with van der Waals surface area (Å²) in [4.78, 5) is 58.4. The van der Waals surface area contributed by atoms with E-state index in [0.29, 0.717) is 67.2 Å². The average Bonchev–Trinajstić information content (AvgIpc) is 1.56. The molecule has 23 nitrogen and oxygen atoms in total. The first-order valence-corrected chi connectivity index (χ1v) is 44.6. The van der Waals surface area contributed by atoms with Crippen molar-refractivity contribution in [1.82, 2.24) is 39.0 Å². The molecule has 12 aromatic rings. The molecule has 0 radical (unpaired) electrons. The lowest BCUT2D eigenvalue weighted by atomic mass is 9.75. The minimum absolute atomic E-state index is 0.0332. The van der Waals surface area contributed by atoms with E-state index in [2.05, 4.69) is 106 Å². The van der Waals surface area contributed by atoms with Crippen LogP contribution < -0.4 is 19.3 Å². The van der Waals surface area contributed by atoms with Crippen molar-refractivity contribution in [3.05, 3.63) is 248 Å². The molecule has 3 saturated heterocycles. The molecular weight excluding hydrogens is 1690 g/mol. The van der Waals surface area contributed by atoms with Crippen LogP contribution in [0, 0.1) is 22.2 Å². The second-order valence-corrected chi connectivity index (χ2v) is 39.4. The zero-order chi connectivity index (χ0) is 83.0. The molecule has 118 heavy (non-hydrogen) atoms. The van der Waals surface area contributed by atoms with Crippen LogP contribution in [0.1, 0.15) is 124 Å². The third kappa shape index (κ3) is 17.9.